The molecular weight excluding hydrogens is 252 g/mol. The van der Waals surface area contributed by atoms with Gasteiger partial charge in [-0.1, -0.05) is 30.3 Å². The van der Waals surface area contributed by atoms with E-state index in [-0.39, 0.29) is 5.91 Å². The standard InChI is InChI=1S/C15H20N4O/c16-14(9-13-10-17-11-19-13)15(20)18-8-4-7-12-5-2-1-3-6-12/h1-3,5-6,10-11,14H,4,7-9,16H2,(H,17,19)(H,18,20)/t14-/m1/s1. The predicted octanol–water partition coefficient (Wildman–Crippen LogP) is 1.03. The molecule has 1 heterocycles. The molecule has 5 nitrogen and oxygen atoms in total. The molecule has 0 aliphatic carbocycles. The maximum atomic E-state index is 11.8. The zero-order valence-electron chi connectivity index (χ0n) is 11.4. The van der Waals surface area contributed by atoms with Crippen LogP contribution < -0.4 is 11.1 Å². The van der Waals surface area contributed by atoms with Crippen LogP contribution in [0.4, 0.5) is 0 Å². The number of aromatic nitrogens is 2. The van der Waals surface area contributed by atoms with Crippen molar-refractivity contribution in [1.82, 2.24) is 15.3 Å². The zero-order valence-corrected chi connectivity index (χ0v) is 11.4. The second-order valence-electron chi connectivity index (χ2n) is 4.77. The van der Waals surface area contributed by atoms with Crippen molar-refractivity contribution in [3.63, 3.8) is 0 Å². The number of rotatable bonds is 7. The number of aryl methyl sites for hydroxylation is 1. The first-order valence-corrected chi connectivity index (χ1v) is 6.80. The predicted molar refractivity (Wildman–Crippen MR) is 78.0 cm³/mol. The van der Waals surface area contributed by atoms with E-state index in [0.29, 0.717) is 13.0 Å². The molecule has 4 N–H and O–H groups in total. The average molecular weight is 272 g/mol. The van der Waals surface area contributed by atoms with Crippen LogP contribution in [0.2, 0.25) is 0 Å². The largest absolute Gasteiger partial charge is 0.355 e. The molecule has 5 heteroatoms. The number of imidazole rings is 1. The van der Waals surface area contributed by atoms with Gasteiger partial charge in [-0.15, -0.1) is 0 Å². The van der Waals surface area contributed by atoms with Gasteiger partial charge in [-0.3, -0.25) is 4.79 Å². The first kappa shape index (κ1) is 14.3. The molecule has 2 aromatic rings. The van der Waals surface area contributed by atoms with Gasteiger partial charge in [0.1, 0.15) is 0 Å². The molecule has 0 aliphatic heterocycles. The lowest BCUT2D eigenvalue weighted by Crippen LogP contribution is -2.42. The van der Waals surface area contributed by atoms with Gasteiger partial charge in [0.15, 0.2) is 0 Å². The monoisotopic (exact) mass is 272 g/mol. The van der Waals surface area contributed by atoms with Crippen LogP contribution in [0.1, 0.15) is 17.7 Å². The second kappa shape index (κ2) is 7.45. The summed E-state index contributed by atoms with van der Waals surface area (Å²) in [5.41, 5.74) is 8.00. The van der Waals surface area contributed by atoms with Crippen LogP contribution in [0.3, 0.4) is 0 Å². The van der Waals surface area contributed by atoms with Crippen molar-refractivity contribution in [3.05, 3.63) is 54.1 Å². The molecule has 0 saturated carbocycles. The van der Waals surface area contributed by atoms with Gasteiger partial charge < -0.3 is 16.0 Å². The number of hydrogen-bond acceptors (Lipinski definition) is 3. The van der Waals surface area contributed by atoms with Crippen molar-refractivity contribution in [1.29, 1.82) is 0 Å². The van der Waals surface area contributed by atoms with E-state index in [1.807, 2.05) is 18.2 Å². The zero-order chi connectivity index (χ0) is 14.2. The van der Waals surface area contributed by atoms with E-state index >= 15 is 0 Å². The summed E-state index contributed by atoms with van der Waals surface area (Å²) in [5, 5.41) is 2.87. The van der Waals surface area contributed by atoms with Gasteiger partial charge in [-0.25, -0.2) is 4.98 Å². The summed E-state index contributed by atoms with van der Waals surface area (Å²) >= 11 is 0. The molecule has 0 fully saturated rings. The third kappa shape index (κ3) is 4.51. The summed E-state index contributed by atoms with van der Waals surface area (Å²) in [6.07, 6.45) is 5.61. The maximum absolute atomic E-state index is 11.8. The van der Waals surface area contributed by atoms with Crippen molar-refractivity contribution < 1.29 is 4.79 Å². The third-order valence-corrected chi connectivity index (χ3v) is 3.12. The van der Waals surface area contributed by atoms with Crippen molar-refractivity contribution in [2.45, 2.75) is 25.3 Å². The molecule has 106 valence electrons. The molecule has 0 spiro atoms. The molecule has 1 aromatic carbocycles. The molecule has 1 aromatic heterocycles. The molecule has 1 atom stereocenters. The number of carbonyl (C=O) groups is 1. The summed E-state index contributed by atoms with van der Waals surface area (Å²) in [6.45, 7) is 0.643. The minimum absolute atomic E-state index is 0.118. The summed E-state index contributed by atoms with van der Waals surface area (Å²) in [5.74, 6) is -0.118. The van der Waals surface area contributed by atoms with Gasteiger partial charge in [0.05, 0.1) is 12.4 Å². The number of amides is 1. The number of nitrogens with two attached hydrogens (primary N) is 1. The van der Waals surface area contributed by atoms with Gasteiger partial charge in [0.25, 0.3) is 0 Å². The van der Waals surface area contributed by atoms with Crippen molar-refractivity contribution in [2.75, 3.05) is 6.54 Å². The maximum Gasteiger partial charge on any atom is 0.237 e. The number of hydrogen-bond donors (Lipinski definition) is 3. The molecule has 0 aliphatic rings. The highest BCUT2D eigenvalue weighted by atomic mass is 16.2. The minimum atomic E-state index is -0.535. The number of aromatic amines is 1. The Hall–Kier alpha value is -2.14. The Morgan fingerprint density at radius 3 is 2.85 bits per heavy atom. The Kier molecular flexibility index (Phi) is 5.32. The topological polar surface area (TPSA) is 83.8 Å². The quantitative estimate of drug-likeness (QED) is 0.658. The minimum Gasteiger partial charge on any atom is -0.355 e. The molecule has 0 unspecified atom stereocenters. The number of H-pyrrole nitrogens is 1. The van der Waals surface area contributed by atoms with Crippen molar-refractivity contribution >= 4 is 5.91 Å². The fraction of sp³-hybridized carbons (Fsp3) is 0.333. The number of nitrogens with zero attached hydrogens (tertiary/aromatic N) is 1. The lowest BCUT2D eigenvalue weighted by atomic mass is 10.1. The first-order valence-electron chi connectivity index (χ1n) is 6.80. The van der Waals surface area contributed by atoms with Crippen LogP contribution in [0.5, 0.6) is 0 Å². The second-order valence-corrected chi connectivity index (χ2v) is 4.77. The lowest BCUT2D eigenvalue weighted by Gasteiger charge is -2.11. The SMILES string of the molecule is N[C@H](Cc1cnc[nH]1)C(=O)NCCCc1ccccc1. The van der Waals surface area contributed by atoms with Gasteiger partial charge in [-0.05, 0) is 18.4 Å². The fourth-order valence-electron chi connectivity index (χ4n) is 2.01. The van der Waals surface area contributed by atoms with Gasteiger partial charge >= 0.3 is 0 Å². The molecular formula is C15H20N4O. The highest BCUT2D eigenvalue weighted by Gasteiger charge is 2.13. The highest BCUT2D eigenvalue weighted by Crippen LogP contribution is 2.01. The van der Waals surface area contributed by atoms with E-state index in [1.54, 1.807) is 12.5 Å². The van der Waals surface area contributed by atoms with Crippen LogP contribution >= 0.6 is 0 Å². The number of benzene rings is 1. The van der Waals surface area contributed by atoms with Crippen molar-refractivity contribution in [2.24, 2.45) is 5.73 Å². The molecule has 0 radical (unpaired) electrons. The van der Waals surface area contributed by atoms with E-state index in [9.17, 15) is 4.79 Å². The average Bonchev–Trinajstić information content (AvgIpc) is 2.97. The number of nitrogens with one attached hydrogen (secondary N) is 2. The fourth-order valence-corrected chi connectivity index (χ4v) is 2.01. The molecule has 2 rings (SSSR count). The van der Waals surface area contributed by atoms with Crippen LogP contribution in [0.15, 0.2) is 42.9 Å². The molecule has 20 heavy (non-hydrogen) atoms. The normalized spacial score (nSPS) is 12.1. The Labute approximate surface area is 118 Å². The Morgan fingerprint density at radius 1 is 1.35 bits per heavy atom. The smallest absolute Gasteiger partial charge is 0.237 e. The van der Waals surface area contributed by atoms with Crippen LogP contribution in [0, 0.1) is 0 Å². The molecule has 1 amide bonds. The van der Waals surface area contributed by atoms with Crippen LogP contribution in [-0.4, -0.2) is 28.5 Å². The van der Waals surface area contributed by atoms with Gasteiger partial charge in [0, 0.05) is 24.9 Å². The van der Waals surface area contributed by atoms with Gasteiger partial charge in [0.2, 0.25) is 5.91 Å². The van der Waals surface area contributed by atoms with E-state index < -0.39 is 6.04 Å². The highest BCUT2D eigenvalue weighted by molar-refractivity contribution is 5.81. The summed E-state index contributed by atoms with van der Waals surface area (Å²) in [4.78, 5) is 18.7. The van der Waals surface area contributed by atoms with E-state index in [4.69, 9.17) is 5.73 Å². The first-order chi connectivity index (χ1) is 9.75. The van der Waals surface area contributed by atoms with Crippen molar-refractivity contribution in [3.8, 4) is 0 Å². The summed E-state index contributed by atoms with van der Waals surface area (Å²) in [7, 11) is 0. The summed E-state index contributed by atoms with van der Waals surface area (Å²) < 4.78 is 0. The summed E-state index contributed by atoms with van der Waals surface area (Å²) in [6, 6.07) is 9.69. The van der Waals surface area contributed by atoms with Gasteiger partial charge in [-0.2, -0.15) is 0 Å². The van der Waals surface area contributed by atoms with Crippen LogP contribution in [0.25, 0.3) is 0 Å². The Morgan fingerprint density at radius 2 is 2.15 bits per heavy atom. The van der Waals surface area contributed by atoms with E-state index in [1.165, 1.54) is 5.56 Å². The van der Waals surface area contributed by atoms with E-state index in [2.05, 4.69) is 27.4 Å². The lowest BCUT2D eigenvalue weighted by molar-refractivity contribution is -0.122. The third-order valence-electron chi connectivity index (χ3n) is 3.12. The molecule has 0 bridgehead atoms. The van der Waals surface area contributed by atoms with Crippen LogP contribution in [-0.2, 0) is 17.6 Å². The Balaban J connectivity index is 1.65. The molecule has 0 saturated heterocycles. The Bertz CT molecular complexity index is 510. The number of carbonyl (C=O) groups excluding carboxylic acids is 1. The van der Waals surface area contributed by atoms with E-state index in [0.717, 1.165) is 18.5 Å².